The van der Waals surface area contributed by atoms with Crippen LogP contribution < -0.4 is 10.6 Å². The molecule has 0 spiro atoms. The van der Waals surface area contributed by atoms with Crippen molar-refractivity contribution in [3.05, 3.63) is 89.4 Å². The number of amides is 1. The number of halogens is 2. The molecule has 1 amide bonds. The minimum Gasteiger partial charge on any atom is -0.309 e. The topological polar surface area (TPSA) is 95.6 Å². The van der Waals surface area contributed by atoms with Gasteiger partial charge in [-0.15, -0.1) is 0 Å². The van der Waals surface area contributed by atoms with Gasteiger partial charge in [0.15, 0.2) is 0 Å². The molecular weight excluding hydrogens is 450 g/mol. The summed E-state index contributed by atoms with van der Waals surface area (Å²) >= 11 is 0. The highest BCUT2D eigenvalue weighted by molar-refractivity contribution is 5.96. The molecule has 0 bridgehead atoms. The van der Waals surface area contributed by atoms with Crippen LogP contribution in [0.5, 0.6) is 0 Å². The highest BCUT2D eigenvalue weighted by atomic mass is 19.1. The fraction of sp³-hybridized carbons (Fsp3) is 0.231. The number of aromatic nitrogens is 3. The van der Waals surface area contributed by atoms with Crippen molar-refractivity contribution in [2.45, 2.75) is 25.3 Å². The number of rotatable bonds is 8. The summed E-state index contributed by atoms with van der Waals surface area (Å²) in [7, 11) is 1.83. The van der Waals surface area contributed by atoms with Gasteiger partial charge < -0.3 is 10.6 Å². The number of hydrogen-bond donors (Lipinski definition) is 2. The summed E-state index contributed by atoms with van der Waals surface area (Å²) in [6.45, 7) is 0.149. The first kappa shape index (κ1) is 24.0. The Bertz CT molecular complexity index is 1300. The third kappa shape index (κ3) is 5.86. The predicted molar refractivity (Wildman–Crippen MR) is 128 cm³/mol. The zero-order valence-corrected chi connectivity index (χ0v) is 19.1. The zero-order chi connectivity index (χ0) is 24.8. The minimum absolute atomic E-state index is 0.0161. The molecule has 178 valence electrons. The van der Waals surface area contributed by atoms with E-state index in [4.69, 9.17) is 5.26 Å². The maximum atomic E-state index is 14.2. The maximum absolute atomic E-state index is 14.2. The van der Waals surface area contributed by atoms with Crippen LogP contribution >= 0.6 is 0 Å². The first-order valence-electron chi connectivity index (χ1n) is 11.2. The van der Waals surface area contributed by atoms with Crippen molar-refractivity contribution in [3.8, 4) is 17.2 Å². The molecule has 2 N–H and O–H groups in total. The van der Waals surface area contributed by atoms with Crippen molar-refractivity contribution in [2.24, 2.45) is 7.05 Å². The first-order valence-corrected chi connectivity index (χ1v) is 11.2. The molecule has 0 radical (unpaired) electrons. The Labute approximate surface area is 201 Å². The molecule has 7 nitrogen and oxygen atoms in total. The molecule has 0 saturated heterocycles. The number of nitriles is 1. The molecule has 2 heterocycles. The average molecular weight is 475 g/mol. The van der Waals surface area contributed by atoms with Gasteiger partial charge in [0, 0.05) is 42.7 Å². The van der Waals surface area contributed by atoms with Crippen molar-refractivity contribution in [1.82, 2.24) is 20.1 Å². The standard InChI is InChI=1S/C26H24F2N6O/c1-34-16-20(15-32-34)19-7-8-24(31-14-19)33-26(35)25(18-5-3-2-4-6-18)30-10-9-21-22(27)11-17(13-29)12-23(21)28/h3,5-8,11-12,14-16,25,30H,2,4,9-10H2,1H3,(H,31,33,35). The lowest BCUT2D eigenvalue weighted by molar-refractivity contribution is -0.117. The van der Waals surface area contributed by atoms with E-state index in [1.807, 2.05) is 37.5 Å². The number of benzene rings is 1. The van der Waals surface area contributed by atoms with Crippen LogP contribution in [0.25, 0.3) is 11.1 Å². The van der Waals surface area contributed by atoms with Crippen molar-refractivity contribution in [1.29, 1.82) is 5.26 Å². The predicted octanol–water partition coefficient (Wildman–Crippen LogP) is 4.05. The van der Waals surface area contributed by atoms with Crippen molar-refractivity contribution < 1.29 is 13.6 Å². The Balaban J connectivity index is 1.45. The number of nitrogens with one attached hydrogen (secondary N) is 2. The number of nitrogens with zero attached hydrogens (tertiary/aromatic N) is 4. The third-order valence-electron chi connectivity index (χ3n) is 5.67. The molecule has 0 saturated carbocycles. The molecule has 2 aromatic heterocycles. The Kier molecular flexibility index (Phi) is 7.43. The third-order valence-corrected chi connectivity index (χ3v) is 5.67. The van der Waals surface area contributed by atoms with Gasteiger partial charge >= 0.3 is 0 Å². The summed E-state index contributed by atoms with van der Waals surface area (Å²) in [5, 5.41) is 18.9. The van der Waals surface area contributed by atoms with Crippen molar-refractivity contribution in [3.63, 3.8) is 0 Å². The Morgan fingerprint density at radius 2 is 2.00 bits per heavy atom. The quantitative estimate of drug-likeness (QED) is 0.514. The summed E-state index contributed by atoms with van der Waals surface area (Å²) in [6.07, 6.45) is 12.8. The fourth-order valence-corrected chi connectivity index (χ4v) is 3.86. The van der Waals surface area contributed by atoms with Crippen LogP contribution in [-0.4, -0.2) is 33.3 Å². The molecule has 4 rings (SSSR count). The molecule has 1 aliphatic carbocycles. The normalized spacial score (nSPS) is 13.7. The monoisotopic (exact) mass is 474 g/mol. The number of carbonyl (C=O) groups is 1. The van der Waals surface area contributed by atoms with Crippen LogP contribution in [0.3, 0.4) is 0 Å². The van der Waals surface area contributed by atoms with Crippen LogP contribution in [0.1, 0.15) is 24.0 Å². The number of carbonyl (C=O) groups excluding carboxylic acids is 1. The Morgan fingerprint density at radius 1 is 1.20 bits per heavy atom. The van der Waals surface area contributed by atoms with Gasteiger partial charge in [-0.1, -0.05) is 18.2 Å². The van der Waals surface area contributed by atoms with E-state index < -0.39 is 17.7 Å². The number of pyridine rings is 1. The van der Waals surface area contributed by atoms with Gasteiger partial charge in [-0.05, 0) is 49.1 Å². The van der Waals surface area contributed by atoms with Gasteiger partial charge in [0.25, 0.3) is 0 Å². The van der Waals surface area contributed by atoms with Crippen LogP contribution in [0.15, 0.2) is 66.7 Å². The average Bonchev–Trinajstić information content (AvgIpc) is 3.30. The van der Waals surface area contributed by atoms with Gasteiger partial charge in [-0.3, -0.25) is 9.48 Å². The van der Waals surface area contributed by atoms with Crippen LogP contribution in [-0.2, 0) is 18.3 Å². The number of aryl methyl sites for hydroxylation is 1. The lowest BCUT2D eigenvalue weighted by Crippen LogP contribution is -2.43. The van der Waals surface area contributed by atoms with Gasteiger partial charge in [0.05, 0.1) is 17.8 Å². The van der Waals surface area contributed by atoms with Crippen LogP contribution in [0, 0.1) is 23.0 Å². The van der Waals surface area contributed by atoms with E-state index in [-0.39, 0.29) is 30.0 Å². The van der Waals surface area contributed by atoms with E-state index in [0.717, 1.165) is 41.7 Å². The maximum Gasteiger partial charge on any atom is 0.247 e. The first-order chi connectivity index (χ1) is 16.9. The van der Waals surface area contributed by atoms with Gasteiger partial charge in [0.2, 0.25) is 5.91 Å². The van der Waals surface area contributed by atoms with Gasteiger partial charge in [-0.25, -0.2) is 13.8 Å². The Hall–Kier alpha value is -4.16. The number of allylic oxidation sites excluding steroid dienone is 2. The van der Waals surface area contributed by atoms with E-state index in [9.17, 15) is 13.6 Å². The molecule has 1 atom stereocenters. The second-order valence-corrected chi connectivity index (χ2v) is 8.18. The van der Waals surface area contributed by atoms with Gasteiger partial charge in [-0.2, -0.15) is 10.4 Å². The lowest BCUT2D eigenvalue weighted by atomic mass is 9.99. The summed E-state index contributed by atoms with van der Waals surface area (Å²) in [5.74, 6) is -1.50. The lowest BCUT2D eigenvalue weighted by Gasteiger charge is -2.21. The minimum atomic E-state index is -0.779. The molecule has 3 aromatic rings. The zero-order valence-electron chi connectivity index (χ0n) is 19.1. The van der Waals surface area contributed by atoms with E-state index in [1.54, 1.807) is 29.2 Å². The van der Waals surface area contributed by atoms with Crippen molar-refractivity contribution in [2.75, 3.05) is 11.9 Å². The second kappa shape index (κ2) is 10.8. The smallest absolute Gasteiger partial charge is 0.247 e. The number of hydrogen-bond acceptors (Lipinski definition) is 5. The SMILES string of the molecule is Cn1cc(-c2ccc(NC(=O)C(NCCc3c(F)cc(C#N)cc3F)C3=CCCC=C3)nc2)cn1. The van der Waals surface area contributed by atoms with E-state index in [0.29, 0.717) is 5.82 Å². The highest BCUT2D eigenvalue weighted by Gasteiger charge is 2.23. The van der Waals surface area contributed by atoms with Gasteiger partial charge in [0.1, 0.15) is 23.5 Å². The second-order valence-electron chi connectivity index (χ2n) is 8.18. The fourth-order valence-electron chi connectivity index (χ4n) is 3.86. The molecule has 1 aliphatic rings. The largest absolute Gasteiger partial charge is 0.309 e. The molecule has 1 unspecified atom stereocenters. The Morgan fingerprint density at radius 3 is 2.60 bits per heavy atom. The summed E-state index contributed by atoms with van der Waals surface area (Å²) in [6, 6.07) is 6.58. The molecule has 35 heavy (non-hydrogen) atoms. The van der Waals surface area contributed by atoms with E-state index in [2.05, 4.69) is 20.7 Å². The summed E-state index contributed by atoms with van der Waals surface area (Å²) in [4.78, 5) is 17.5. The summed E-state index contributed by atoms with van der Waals surface area (Å²) < 4.78 is 30.2. The highest BCUT2D eigenvalue weighted by Crippen LogP contribution is 2.20. The molecule has 1 aromatic carbocycles. The number of anilines is 1. The molecule has 9 heteroatoms. The van der Waals surface area contributed by atoms with E-state index >= 15 is 0 Å². The van der Waals surface area contributed by atoms with Crippen LogP contribution in [0.2, 0.25) is 0 Å². The van der Waals surface area contributed by atoms with E-state index in [1.165, 1.54) is 0 Å². The summed E-state index contributed by atoms with van der Waals surface area (Å²) in [5.41, 5.74) is 2.36. The van der Waals surface area contributed by atoms with Crippen molar-refractivity contribution >= 4 is 11.7 Å². The molecule has 0 fully saturated rings. The molecule has 0 aliphatic heterocycles. The molecular formula is C26H24F2N6O. The van der Waals surface area contributed by atoms with Crippen LogP contribution in [0.4, 0.5) is 14.6 Å².